The summed E-state index contributed by atoms with van der Waals surface area (Å²) in [7, 11) is 3.06. The fourth-order valence-electron chi connectivity index (χ4n) is 4.38. The largest absolute Gasteiger partial charge is 0.496 e. The van der Waals surface area contributed by atoms with Crippen LogP contribution in [0.25, 0.3) is 22.2 Å². The van der Waals surface area contributed by atoms with E-state index in [9.17, 15) is 10.4 Å². The second-order valence-electron chi connectivity index (χ2n) is 8.59. The molecule has 9 nitrogen and oxygen atoms in total. The number of aliphatic hydroxyl groups is 1. The lowest BCUT2D eigenvalue weighted by Crippen LogP contribution is -2.38. The van der Waals surface area contributed by atoms with Crippen LogP contribution in [-0.4, -0.2) is 55.5 Å². The quantitative estimate of drug-likeness (QED) is 0.294. The summed E-state index contributed by atoms with van der Waals surface area (Å²) >= 11 is 12.6. The Morgan fingerprint density at radius 3 is 2.55 bits per heavy atom. The van der Waals surface area contributed by atoms with E-state index in [1.165, 1.54) is 19.6 Å². The van der Waals surface area contributed by atoms with Gasteiger partial charge in [0.15, 0.2) is 0 Å². The molecule has 1 aliphatic heterocycles. The van der Waals surface area contributed by atoms with Crippen molar-refractivity contribution in [1.29, 1.82) is 5.26 Å². The lowest BCUT2D eigenvalue weighted by atomic mass is 10.0. The number of morpholine rings is 1. The minimum Gasteiger partial charge on any atom is -0.496 e. The Kier molecular flexibility index (Phi) is 7.61. The topological polar surface area (TPSA) is 113 Å². The summed E-state index contributed by atoms with van der Waals surface area (Å²) in [5.41, 5.74) is 3.18. The lowest BCUT2D eigenvalue weighted by Gasteiger charge is -2.30. The molecule has 0 bridgehead atoms. The molecule has 2 N–H and O–H groups in total. The molecular formula is C27H24Cl2N4O5. The van der Waals surface area contributed by atoms with Gasteiger partial charge in [0.2, 0.25) is 0 Å². The second-order valence-corrected chi connectivity index (χ2v) is 9.40. The first-order valence-corrected chi connectivity index (χ1v) is 12.5. The molecule has 196 valence electrons. The molecule has 1 unspecified atom stereocenters. The Balaban J connectivity index is 1.56. The molecule has 0 radical (unpaired) electrons. The zero-order valence-corrected chi connectivity index (χ0v) is 22.1. The van der Waals surface area contributed by atoms with Crippen molar-refractivity contribution in [3.8, 4) is 28.9 Å². The molecule has 1 saturated heterocycles. The van der Waals surface area contributed by atoms with Crippen molar-refractivity contribution in [3.05, 3.63) is 64.0 Å². The summed E-state index contributed by atoms with van der Waals surface area (Å²) in [6.45, 7) is 2.40. The number of rotatable bonds is 7. The number of anilines is 2. The normalized spacial score (nSPS) is 14.7. The van der Waals surface area contributed by atoms with Gasteiger partial charge in [0.1, 0.15) is 29.6 Å². The number of nitriles is 1. The van der Waals surface area contributed by atoms with Crippen LogP contribution >= 0.6 is 23.2 Å². The molecule has 1 aliphatic rings. The van der Waals surface area contributed by atoms with Gasteiger partial charge in [0.05, 0.1) is 71.8 Å². The zero-order valence-electron chi connectivity index (χ0n) is 20.6. The molecule has 0 amide bonds. The van der Waals surface area contributed by atoms with Gasteiger partial charge in [-0.15, -0.1) is 0 Å². The van der Waals surface area contributed by atoms with Gasteiger partial charge in [0, 0.05) is 36.3 Å². The Labute approximate surface area is 229 Å². The molecule has 1 fully saturated rings. The van der Waals surface area contributed by atoms with E-state index >= 15 is 0 Å². The van der Waals surface area contributed by atoms with Crippen LogP contribution in [0, 0.1) is 11.3 Å². The third-order valence-corrected chi connectivity index (χ3v) is 6.99. The van der Waals surface area contributed by atoms with E-state index in [1.807, 2.05) is 11.0 Å². The monoisotopic (exact) mass is 554 g/mol. The maximum atomic E-state index is 10.8. The highest BCUT2D eigenvalue weighted by atomic mass is 35.5. The molecular weight excluding hydrogens is 531 g/mol. The van der Waals surface area contributed by atoms with Gasteiger partial charge in [-0.2, -0.15) is 5.26 Å². The summed E-state index contributed by atoms with van der Waals surface area (Å²) in [6, 6.07) is 10.8. The van der Waals surface area contributed by atoms with Crippen LogP contribution in [0.1, 0.15) is 17.4 Å². The first-order valence-electron chi connectivity index (χ1n) is 11.7. The fraction of sp³-hybridized carbons (Fsp3) is 0.259. The van der Waals surface area contributed by atoms with Gasteiger partial charge in [-0.25, -0.2) is 0 Å². The Bertz CT molecular complexity index is 1530. The number of nitrogens with one attached hydrogen (secondary N) is 1. The third-order valence-electron chi connectivity index (χ3n) is 6.39. The predicted molar refractivity (Wildman–Crippen MR) is 144 cm³/mol. The first kappa shape index (κ1) is 26.1. The highest BCUT2D eigenvalue weighted by Crippen LogP contribution is 2.41. The molecule has 1 atom stereocenters. The van der Waals surface area contributed by atoms with E-state index in [0.717, 1.165) is 0 Å². The van der Waals surface area contributed by atoms with Gasteiger partial charge in [-0.3, -0.25) is 9.88 Å². The Morgan fingerprint density at radius 2 is 1.84 bits per heavy atom. The van der Waals surface area contributed by atoms with Crippen molar-refractivity contribution in [1.82, 2.24) is 9.88 Å². The van der Waals surface area contributed by atoms with Gasteiger partial charge in [0.25, 0.3) is 0 Å². The van der Waals surface area contributed by atoms with Crippen LogP contribution in [0.3, 0.4) is 0 Å². The van der Waals surface area contributed by atoms with Crippen molar-refractivity contribution in [2.75, 3.05) is 45.8 Å². The number of ether oxygens (including phenoxy) is 3. The highest BCUT2D eigenvalue weighted by Gasteiger charge is 2.24. The van der Waals surface area contributed by atoms with Crippen molar-refractivity contribution in [2.45, 2.75) is 6.23 Å². The summed E-state index contributed by atoms with van der Waals surface area (Å²) in [5.74, 6) is 1.44. The van der Waals surface area contributed by atoms with Crippen molar-refractivity contribution < 1.29 is 23.7 Å². The molecule has 2 aromatic heterocycles. The zero-order chi connectivity index (χ0) is 26.8. The number of halogens is 2. The summed E-state index contributed by atoms with van der Waals surface area (Å²) in [4.78, 5) is 6.42. The van der Waals surface area contributed by atoms with E-state index in [1.54, 1.807) is 31.4 Å². The highest BCUT2D eigenvalue weighted by molar-refractivity contribution is 6.37. The van der Waals surface area contributed by atoms with E-state index in [-0.39, 0.29) is 0 Å². The SMILES string of the molecule is COc1cc(Nc2c(C#N)cnc3cc(-c4cc(C(O)N5CCOCC5)co4)c(OC)cc23)c(Cl)cc1Cl. The number of nitrogens with zero attached hydrogens (tertiary/aromatic N) is 3. The molecule has 5 rings (SSSR count). The Morgan fingerprint density at radius 1 is 1.08 bits per heavy atom. The molecule has 38 heavy (non-hydrogen) atoms. The molecule has 0 aliphatic carbocycles. The fourth-order valence-corrected chi connectivity index (χ4v) is 4.88. The van der Waals surface area contributed by atoms with Crippen molar-refractivity contribution >= 4 is 45.5 Å². The summed E-state index contributed by atoms with van der Waals surface area (Å²) in [6.07, 6.45) is 2.21. The molecule has 3 heterocycles. The van der Waals surface area contributed by atoms with Crippen molar-refractivity contribution in [2.24, 2.45) is 0 Å². The lowest BCUT2D eigenvalue weighted by molar-refractivity contribution is -0.0605. The van der Waals surface area contributed by atoms with Crippen LogP contribution in [0.4, 0.5) is 11.4 Å². The number of aliphatic hydroxyl groups excluding tert-OH is 1. The smallest absolute Gasteiger partial charge is 0.139 e. The maximum absolute atomic E-state index is 10.8. The van der Waals surface area contributed by atoms with Crippen LogP contribution in [0.15, 0.2) is 47.2 Å². The predicted octanol–water partition coefficient (Wildman–Crippen LogP) is 5.76. The number of hydrogen-bond donors (Lipinski definition) is 2. The molecule has 2 aromatic carbocycles. The molecule has 11 heteroatoms. The number of methoxy groups -OCH3 is 2. The number of furan rings is 1. The van der Waals surface area contributed by atoms with Crippen LogP contribution in [-0.2, 0) is 4.74 Å². The first-order chi connectivity index (χ1) is 18.4. The van der Waals surface area contributed by atoms with Crippen LogP contribution in [0.2, 0.25) is 10.0 Å². The average Bonchev–Trinajstić information content (AvgIpc) is 3.44. The van der Waals surface area contributed by atoms with E-state index in [2.05, 4.69) is 16.4 Å². The third kappa shape index (κ3) is 4.97. The Hall–Kier alpha value is -3.52. The number of hydrogen-bond acceptors (Lipinski definition) is 9. The van der Waals surface area contributed by atoms with E-state index < -0.39 is 6.23 Å². The number of pyridine rings is 1. The standard InChI is InChI=1S/C27H24Cl2N4O5/c1-35-23-9-17-21(8-18(23)24-7-15(14-38-24)27(34)33-3-5-37-6-4-33)31-13-16(12-30)26(17)32-22-11-25(36-2)20(29)10-19(22)28/h7-11,13-14,27,34H,3-6H2,1-2H3,(H,31,32). The van der Waals surface area contributed by atoms with E-state index in [4.69, 9.17) is 41.8 Å². The number of aromatic nitrogens is 1. The molecule has 0 spiro atoms. The minimum absolute atomic E-state index is 0.311. The molecule has 0 saturated carbocycles. The number of benzene rings is 2. The average molecular weight is 555 g/mol. The van der Waals surface area contributed by atoms with Gasteiger partial charge >= 0.3 is 0 Å². The maximum Gasteiger partial charge on any atom is 0.139 e. The number of fused-ring (bicyclic) bond motifs is 1. The second kappa shape index (κ2) is 11.1. The van der Waals surface area contributed by atoms with E-state index in [0.29, 0.717) is 92.6 Å². The van der Waals surface area contributed by atoms with Gasteiger partial charge in [-0.1, -0.05) is 23.2 Å². The summed E-state index contributed by atoms with van der Waals surface area (Å²) in [5, 5.41) is 25.2. The minimum atomic E-state index is -0.809. The van der Waals surface area contributed by atoms with Gasteiger partial charge in [-0.05, 0) is 24.3 Å². The van der Waals surface area contributed by atoms with Crippen molar-refractivity contribution in [3.63, 3.8) is 0 Å². The summed E-state index contributed by atoms with van der Waals surface area (Å²) < 4.78 is 22.2. The van der Waals surface area contributed by atoms with Crippen LogP contribution < -0.4 is 14.8 Å². The molecule has 4 aromatic rings. The van der Waals surface area contributed by atoms with Gasteiger partial charge < -0.3 is 29.1 Å². The van der Waals surface area contributed by atoms with Crippen LogP contribution in [0.5, 0.6) is 11.5 Å².